The standard InChI is InChI=1S/C19H30N2O3.ClH/c1-13(20)14-7-6-10-21(12-14)18(22)19(2,3)15-8-9-16(23-4)17(11-15)24-5;/h8-9,11,13-14H,6-7,10,12,20H2,1-5H3;1H. The van der Waals surface area contributed by atoms with Gasteiger partial charge in [0, 0.05) is 19.1 Å². The molecule has 2 unspecified atom stereocenters. The maximum atomic E-state index is 13.2. The topological polar surface area (TPSA) is 64.8 Å². The smallest absolute Gasteiger partial charge is 0.232 e. The number of carbonyl (C=O) groups is 1. The molecule has 2 rings (SSSR count). The third-order valence-corrected chi connectivity index (χ3v) is 5.13. The highest BCUT2D eigenvalue weighted by Gasteiger charge is 2.37. The molecule has 0 bridgehead atoms. The van der Waals surface area contributed by atoms with Gasteiger partial charge >= 0.3 is 0 Å². The van der Waals surface area contributed by atoms with Crippen LogP contribution < -0.4 is 15.2 Å². The molecule has 5 nitrogen and oxygen atoms in total. The highest BCUT2D eigenvalue weighted by Crippen LogP contribution is 2.35. The van der Waals surface area contributed by atoms with Crippen LogP contribution in [0.2, 0.25) is 0 Å². The van der Waals surface area contributed by atoms with Gasteiger partial charge in [0.15, 0.2) is 11.5 Å². The number of carbonyl (C=O) groups excluding carboxylic acids is 1. The van der Waals surface area contributed by atoms with Gasteiger partial charge in [-0.2, -0.15) is 0 Å². The summed E-state index contributed by atoms with van der Waals surface area (Å²) in [6.07, 6.45) is 2.11. The first-order chi connectivity index (χ1) is 11.3. The summed E-state index contributed by atoms with van der Waals surface area (Å²) in [6, 6.07) is 5.80. The average molecular weight is 371 g/mol. The molecule has 1 aliphatic rings. The van der Waals surface area contributed by atoms with Gasteiger partial charge in [0.2, 0.25) is 5.91 Å². The van der Waals surface area contributed by atoms with Gasteiger partial charge in [-0.05, 0) is 57.2 Å². The van der Waals surface area contributed by atoms with E-state index >= 15 is 0 Å². The van der Waals surface area contributed by atoms with E-state index in [0.717, 1.165) is 31.5 Å². The second-order valence-electron chi connectivity index (χ2n) is 7.21. The first-order valence-electron chi connectivity index (χ1n) is 8.58. The minimum absolute atomic E-state index is 0. The first-order valence-corrected chi connectivity index (χ1v) is 8.58. The molecule has 1 aromatic rings. The Morgan fingerprint density at radius 1 is 1.28 bits per heavy atom. The maximum absolute atomic E-state index is 13.2. The summed E-state index contributed by atoms with van der Waals surface area (Å²) < 4.78 is 10.7. The van der Waals surface area contributed by atoms with Gasteiger partial charge in [0.25, 0.3) is 0 Å². The van der Waals surface area contributed by atoms with E-state index in [1.165, 1.54) is 0 Å². The Hall–Kier alpha value is -1.46. The zero-order valence-electron chi connectivity index (χ0n) is 15.9. The second kappa shape index (κ2) is 8.77. The van der Waals surface area contributed by atoms with E-state index < -0.39 is 5.41 Å². The van der Waals surface area contributed by atoms with E-state index in [1.807, 2.05) is 43.9 Å². The molecule has 1 amide bonds. The Kier molecular flexibility index (Phi) is 7.57. The molecule has 2 N–H and O–H groups in total. The van der Waals surface area contributed by atoms with Gasteiger partial charge in [-0.1, -0.05) is 6.07 Å². The van der Waals surface area contributed by atoms with Crippen LogP contribution >= 0.6 is 12.4 Å². The molecule has 0 aromatic heterocycles. The Labute approximate surface area is 157 Å². The van der Waals surface area contributed by atoms with E-state index in [-0.39, 0.29) is 24.4 Å². The van der Waals surface area contributed by atoms with Crippen LogP contribution in [-0.2, 0) is 10.2 Å². The summed E-state index contributed by atoms with van der Waals surface area (Å²) >= 11 is 0. The monoisotopic (exact) mass is 370 g/mol. The van der Waals surface area contributed by atoms with E-state index in [2.05, 4.69) is 0 Å². The van der Waals surface area contributed by atoms with Crippen molar-refractivity contribution in [3.8, 4) is 11.5 Å². The SMILES string of the molecule is COc1ccc(C(C)(C)C(=O)N2CCCC(C(C)N)C2)cc1OC.Cl. The normalized spacial score (nSPS) is 19.0. The fourth-order valence-corrected chi connectivity index (χ4v) is 3.37. The maximum Gasteiger partial charge on any atom is 0.232 e. The van der Waals surface area contributed by atoms with Crippen LogP contribution in [0, 0.1) is 5.92 Å². The molecule has 1 fully saturated rings. The number of likely N-dealkylation sites (tertiary alicyclic amines) is 1. The summed E-state index contributed by atoms with van der Waals surface area (Å²) in [4.78, 5) is 15.1. The molecule has 1 heterocycles. The summed E-state index contributed by atoms with van der Waals surface area (Å²) in [7, 11) is 3.21. The highest BCUT2D eigenvalue weighted by atomic mass is 35.5. The molecule has 25 heavy (non-hydrogen) atoms. The molecule has 6 heteroatoms. The minimum Gasteiger partial charge on any atom is -0.493 e. The van der Waals surface area contributed by atoms with Crippen molar-refractivity contribution in [1.82, 2.24) is 4.90 Å². The second-order valence-corrected chi connectivity index (χ2v) is 7.21. The Morgan fingerprint density at radius 3 is 2.48 bits per heavy atom. The van der Waals surface area contributed by atoms with Crippen molar-refractivity contribution in [3.63, 3.8) is 0 Å². The van der Waals surface area contributed by atoms with E-state index in [0.29, 0.717) is 17.4 Å². The third kappa shape index (κ3) is 4.59. The van der Waals surface area contributed by atoms with Gasteiger partial charge in [-0.25, -0.2) is 0 Å². The number of amides is 1. The lowest BCUT2D eigenvalue weighted by Gasteiger charge is -2.39. The predicted molar refractivity (Wildman–Crippen MR) is 103 cm³/mol. The Balaban J connectivity index is 0.00000312. The first kappa shape index (κ1) is 21.6. The van der Waals surface area contributed by atoms with Gasteiger partial charge in [-0.3, -0.25) is 4.79 Å². The lowest BCUT2D eigenvalue weighted by molar-refractivity contribution is -0.138. The van der Waals surface area contributed by atoms with Gasteiger partial charge in [0.05, 0.1) is 19.6 Å². The van der Waals surface area contributed by atoms with Crippen LogP contribution in [0.1, 0.15) is 39.2 Å². The van der Waals surface area contributed by atoms with Crippen LogP contribution in [0.4, 0.5) is 0 Å². The minimum atomic E-state index is -0.626. The van der Waals surface area contributed by atoms with Crippen molar-refractivity contribution < 1.29 is 14.3 Å². The van der Waals surface area contributed by atoms with E-state index in [4.69, 9.17) is 15.2 Å². The van der Waals surface area contributed by atoms with Crippen LogP contribution in [0.3, 0.4) is 0 Å². The number of hydrogen-bond acceptors (Lipinski definition) is 4. The Morgan fingerprint density at radius 2 is 1.92 bits per heavy atom. The average Bonchev–Trinajstić information content (AvgIpc) is 2.60. The summed E-state index contributed by atoms with van der Waals surface area (Å²) in [5, 5.41) is 0. The molecule has 0 aliphatic carbocycles. The molecule has 0 radical (unpaired) electrons. The molecular formula is C19H31ClN2O3. The number of piperidine rings is 1. The van der Waals surface area contributed by atoms with E-state index in [9.17, 15) is 4.79 Å². The number of ether oxygens (including phenoxy) is 2. The quantitative estimate of drug-likeness (QED) is 0.865. The number of halogens is 1. The molecule has 142 valence electrons. The highest BCUT2D eigenvalue weighted by molar-refractivity contribution is 5.87. The van der Waals surface area contributed by atoms with Crippen LogP contribution in [0.5, 0.6) is 11.5 Å². The summed E-state index contributed by atoms with van der Waals surface area (Å²) in [6.45, 7) is 7.50. The van der Waals surface area contributed by atoms with Crippen molar-refractivity contribution in [2.45, 2.75) is 45.1 Å². The van der Waals surface area contributed by atoms with Crippen molar-refractivity contribution in [3.05, 3.63) is 23.8 Å². The Bertz CT molecular complexity index is 590. The zero-order chi connectivity index (χ0) is 17.9. The molecule has 1 saturated heterocycles. The van der Waals surface area contributed by atoms with Crippen molar-refractivity contribution >= 4 is 18.3 Å². The number of hydrogen-bond donors (Lipinski definition) is 1. The number of benzene rings is 1. The van der Waals surface area contributed by atoms with Gasteiger partial charge in [-0.15, -0.1) is 12.4 Å². The molecule has 0 saturated carbocycles. The van der Waals surface area contributed by atoms with Crippen LogP contribution in [-0.4, -0.2) is 44.2 Å². The van der Waals surface area contributed by atoms with Crippen molar-refractivity contribution in [2.75, 3.05) is 27.3 Å². The molecule has 1 aromatic carbocycles. The van der Waals surface area contributed by atoms with Crippen LogP contribution in [0.25, 0.3) is 0 Å². The number of nitrogens with two attached hydrogens (primary N) is 1. The van der Waals surface area contributed by atoms with Crippen molar-refractivity contribution in [2.24, 2.45) is 11.7 Å². The summed E-state index contributed by atoms with van der Waals surface area (Å²) in [5.74, 6) is 1.83. The van der Waals surface area contributed by atoms with Crippen molar-refractivity contribution in [1.29, 1.82) is 0 Å². The van der Waals surface area contributed by atoms with Crippen LogP contribution in [0.15, 0.2) is 18.2 Å². The lowest BCUT2D eigenvalue weighted by atomic mass is 9.81. The molecule has 1 aliphatic heterocycles. The number of rotatable bonds is 5. The van der Waals surface area contributed by atoms with E-state index in [1.54, 1.807) is 14.2 Å². The summed E-state index contributed by atoms with van der Waals surface area (Å²) in [5.41, 5.74) is 6.35. The van der Waals surface area contributed by atoms with Gasteiger partial charge in [0.1, 0.15) is 0 Å². The third-order valence-electron chi connectivity index (χ3n) is 5.13. The van der Waals surface area contributed by atoms with Gasteiger partial charge < -0.3 is 20.1 Å². The predicted octanol–water partition coefficient (Wildman–Crippen LogP) is 2.99. The lowest BCUT2D eigenvalue weighted by Crippen LogP contribution is -2.50. The molecule has 2 atom stereocenters. The number of nitrogens with zero attached hydrogens (tertiary/aromatic N) is 1. The molecular weight excluding hydrogens is 340 g/mol. The largest absolute Gasteiger partial charge is 0.493 e. The zero-order valence-corrected chi connectivity index (χ0v) is 16.7. The molecule has 0 spiro atoms. The fraction of sp³-hybridized carbons (Fsp3) is 0.632. The fourth-order valence-electron chi connectivity index (χ4n) is 3.37. The number of methoxy groups -OCH3 is 2.